The summed E-state index contributed by atoms with van der Waals surface area (Å²) in [5.41, 5.74) is 0. The quantitative estimate of drug-likeness (QED) is 0.643. The Morgan fingerprint density at radius 1 is 0.938 bits per heavy atom. The smallest absolute Gasteiger partial charge is 0.357 e. The summed E-state index contributed by atoms with van der Waals surface area (Å²) in [6.45, 7) is 3.28. The highest BCUT2D eigenvalue weighted by atomic mass is 16.8. The molecule has 2 unspecified atom stereocenters. The maximum absolute atomic E-state index is 12.8. The number of hydroxylamine groups is 2. The van der Waals surface area contributed by atoms with Gasteiger partial charge in [0.05, 0.1) is 6.54 Å². The average molecular weight is 443 g/mol. The fraction of sp³-hybridized carbons (Fsp3) is 0.500. The highest BCUT2D eigenvalue weighted by Gasteiger charge is 2.46. The number of fused-ring (bicyclic) bond motifs is 2. The fourth-order valence-corrected chi connectivity index (χ4v) is 4.48. The summed E-state index contributed by atoms with van der Waals surface area (Å²) < 4.78 is 17.0. The Balaban J connectivity index is 1.11. The number of para-hydroxylation sites is 2. The molecule has 2 amide bonds. The van der Waals surface area contributed by atoms with E-state index in [0.29, 0.717) is 6.61 Å². The van der Waals surface area contributed by atoms with E-state index >= 15 is 0 Å². The third kappa shape index (κ3) is 4.22. The zero-order chi connectivity index (χ0) is 22.1. The lowest BCUT2D eigenvalue weighted by Gasteiger charge is -2.36. The predicted molar refractivity (Wildman–Crippen MR) is 109 cm³/mol. The molecule has 0 saturated carbocycles. The lowest BCUT2D eigenvalue weighted by atomic mass is 10.0. The van der Waals surface area contributed by atoms with E-state index in [9.17, 15) is 14.4 Å². The van der Waals surface area contributed by atoms with Crippen LogP contribution in [-0.2, 0) is 19.2 Å². The minimum Gasteiger partial charge on any atom is -0.486 e. The van der Waals surface area contributed by atoms with Crippen molar-refractivity contribution in [3.05, 3.63) is 36.4 Å². The van der Waals surface area contributed by atoms with Gasteiger partial charge >= 0.3 is 18.0 Å². The standard InChI is InChI=1S/C22H25N3O7/c26-20-5-6-21(27)32-25-19(31-20)13-24(22(25)28)15-7-10-23(11-8-15)12-9-16-14-29-17-3-1-2-4-18(17)30-16/h1-6,15-16,19H,7-14H2/b6-5+. The normalized spacial score (nSPS) is 27.3. The maximum atomic E-state index is 12.8. The Bertz CT molecular complexity index is 928. The zero-order valence-corrected chi connectivity index (χ0v) is 17.6. The lowest BCUT2D eigenvalue weighted by Crippen LogP contribution is -2.47. The van der Waals surface area contributed by atoms with Gasteiger partial charge in [0.15, 0.2) is 11.5 Å². The molecule has 2 saturated heterocycles. The number of carbonyl (C=O) groups excluding carboxylic acids is 3. The van der Waals surface area contributed by atoms with Gasteiger partial charge in [-0.1, -0.05) is 12.1 Å². The summed E-state index contributed by atoms with van der Waals surface area (Å²) in [5.74, 6) is 0.134. The van der Waals surface area contributed by atoms with E-state index in [1.807, 2.05) is 24.3 Å². The Morgan fingerprint density at radius 3 is 2.50 bits per heavy atom. The molecule has 10 nitrogen and oxygen atoms in total. The maximum Gasteiger partial charge on any atom is 0.357 e. The Labute approximate surface area is 185 Å². The van der Waals surface area contributed by atoms with Crippen LogP contribution in [0.4, 0.5) is 4.79 Å². The molecule has 4 heterocycles. The van der Waals surface area contributed by atoms with E-state index in [1.165, 1.54) is 0 Å². The summed E-state index contributed by atoms with van der Waals surface area (Å²) in [4.78, 5) is 45.3. The van der Waals surface area contributed by atoms with E-state index < -0.39 is 24.2 Å². The molecule has 5 rings (SSSR count). The first kappa shape index (κ1) is 20.6. The van der Waals surface area contributed by atoms with Crippen LogP contribution in [0.2, 0.25) is 0 Å². The topological polar surface area (TPSA) is 97.9 Å². The van der Waals surface area contributed by atoms with Gasteiger partial charge in [-0.3, -0.25) is 0 Å². The SMILES string of the molecule is O=C1/C=C/C(=O)ON2C(=O)N(C3CCN(CCC4COc5ccccc5O4)CC3)CC2O1. The minimum atomic E-state index is -0.923. The Morgan fingerprint density at radius 2 is 1.69 bits per heavy atom. The van der Waals surface area contributed by atoms with Crippen molar-refractivity contribution >= 4 is 18.0 Å². The summed E-state index contributed by atoms with van der Waals surface area (Å²) in [5, 5.41) is 0.869. The van der Waals surface area contributed by atoms with Gasteiger partial charge < -0.3 is 28.8 Å². The van der Waals surface area contributed by atoms with Gasteiger partial charge in [0.2, 0.25) is 6.23 Å². The second-order valence-corrected chi connectivity index (χ2v) is 8.26. The van der Waals surface area contributed by atoms with Crippen LogP contribution in [0.5, 0.6) is 11.5 Å². The van der Waals surface area contributed by atoms with E-state index in [0.717, 1.165) is 67.6 Å². The van der Waals surface area contributed by atoms with E-state index in [4.69, 9.17) is 19.0 Å². The molecule has 0 N–H and O–H groups in total. The summed E-state index contributed by atoms with van der Waals surface area (Å²) in [6, 6.07) is 7.24. The first-order valence-corrected chi connectivity index (χ1v) is 10.9. The molecule has 0 spiro atoms. The largest absolute Gasteiger partial charge is 0.486 e. The minimum absolute atomic E-state index is 0.00138. The van der Waals surface area contributed by atoms with Crippen molar-refractivity contribution in [2.75, 3.05) is 32.8 Å². The molecule has 32 heavy (non-hydrogen) atoms. The van der Waals surface area contributed by atoms with Gasteiger partial charge in [0.1, 0.15) is 12.7 Å². The van der Waals surface area contributed by atoms with Crippen LogP contribution in [0.3, 0.4) is 0 Å². The molecule has 4 aliphatic rings. The highest BCUT2D eigenvalue weighted by molar-refractivity contribution is 5.93. The van der Waals surface area contributed by atoms with E-state index in [2.05, 4.69) is 4.90 Å². The lowest BCUT2D eigenvalue weighted by molar-refractivity contribution is -0.205. The predicted octanol–water partition coefficient (Wildman–Crippen LogP) is 1.32. The molecule has 1 aromatic rings. The van der Waals surface area contributed by atoms with Gasteiger partial charge in [-0.2, -0.15) is 0 Å². The number of piperidine rings is 1. The third-order valence-electron chi connectivity index (χ3n) is 6.18. The third-order valence-corrected chi connectivity index (χ3v) is 6.18. The van der Waals surface area contributed by atoms with Gasteiger partial charge in [-0.15, -0.1) is 5.06 Å². The van der Waals surface area contributed by atoms with Crippen LogP contribution in [0.15, 0.2) is 36.4 Å². The number of rotatable bonds is 4. The molecule has 0 radical (unpaired) electrons. The van der Waals surface area contributed by atoms with Crippen LogP contribution < -0.4 is 9.47 Å². The number of hydrogen-bond acceptors (Lipinski definition) is 8. The number of carbonyl (C=O) groups is 3. The molecule has 0 aliphatic carbocycles. The molecule has 0 bridgehead atoms. The number of ether oxygens (including phenoxy) is 3. The van der Waals surface area contributed by atoms with Crippen molar-refractivity contribution in [1.82, 2.24) is 14.9 Å². The van der Waals surface area contributed by atoms with Crippen LogP contribution in [0.1, 0.15) is 19.3 Å². The summed E-state index contributed by atoms with van der Waals surface area (Å²) in [6.07, 6.45) is 3.49. The number of benzene rings is 1. The molecule has 170 valence electrons. The number of amides is 2. The van der Waals surface area contributed by atoms with Crippen LogP contribution >= 0.6 is 0 Å². The highest BCUT2D eigenvalue weighted by Crippen LogP contribution is 2.32. The second kappa shape index (κ2) is 8.70. The first-order valence-electron chi connectivity index (χ1n) is 10.9. The summed E-state index contributed by atoms with van der Waals surface area (Å²) >= 11 is 0. The molecular weight excluding hydrogens is 418 g/mol. The number of nitrogens with zero attached hydrogens (tertiary/aromatic N) is 3. The van der Waals surface area contributed by atoms with Crippen molar-refractivity contribution in [1.29, 1.82) is 0 Å². The van der Waals surface area contributed by atoms with Gasteiger partial charge in [-0.05, 0) is 25.0 Å². The monoisotopic (exact) mass is 443 g/mol. The van der Waals surface area contributed by atoms with Crippen molar-refractivity contribution in [3.63, 3.8) is 0 Å². The number of hydrogen-bond donors (Lipinski definition) is 0. The van der Waals surface area contributed by atoms with Crippen molar-refractivity contribution < 1.29 is 33.4 Å². The van der Waals surface area contributed by atoms with Gasteiger partial charge in [0, 0.05) is 44.2 Å². The van der Waals surface area contributed by atoms with Crippen LogP contribution in [0, 0.1) is 0 Å². The average Bonchev–Trinajstić information content (AvgIpc) is 3.10. The molecular formula is C22H25N3O7. The zero-order valence-electron chi connectivity index (χ0n) is 17.6. The molecule has 1 aromatic carbocycles. The second-order valence-electron chi connectivity index (χ2n) is 8.26. The number of esters is 1. The van der Waals surface area contributed by atoms with Crippen LogP contribution in [0.25, 0.3) is 0 Å². The number of likely N-dealkylation sites (tertiary alicyclic amines) is 1. The number of urea groups is 1. The van der Waals surface area contributed by atoms with Crippen molar-refractivity contribution in [2.45, 2.75) is 37.6 Å². The van der Waals surface area contributed by atoms with E-state index in [-0.39, 0.29) is 18.7 Å². The van der Waals surface area contributed by atoms with Crippen molar-refractivity contribution in [2.24, 2.45) is 0 Å². The molecule has 2 atom stereocenters. The first-order chi connectivity index (χ1) is 15.6. The molecule has 2 fully saturated rings. The molecule has 10 heteroatoms. The van der Waals surface area contributed by atoms with Crippen molar-refractivity contribution in [3.8, 4) is 11.5 Å². The molecule has 0 aromatic heterocycles. The molecule has 4 aliphatic heterocycles. The summed E-state index contributed by atoms with van der Waals surface area (Å²) in [7, 11) is 0. The van der Waals surface area contributed by atoms with Crippen LogP contribution in [-0.4, -0.2) is 84.0 Å². The fourth-order valence-electron chi connectivity index (χ4n) is 4.48. The Hall–Kier alpha value is -3.27. The van der Waals surface area contributed by atoms with E-state index in [1.54, 1.807) is 4.90 Å². The Kier molecular flexibility index (Phi) is 5.60. The van der Waals surface area contributed by atoms with Gasteiger partial charge in [0.25, 0.3) is 0 Å². The van der Waals surface area contributed by atoms with Gasteiger partial charge in [-0.25, -0.2) is 14.4 Å².